The second kappa shape index (κ2) is 5.85. The molecule has 116 valence electrons. The zero-order valence-corrected chi connectivity index (χ0v) is 12.5. The Kier molecular flexibility index (Phi) is 4.28. The number of aromatic nitrogens is 1. The largest absolute Gasteiger partial charge is 0.418 e. The van der Waals surface area contributed by atoms with Crippen LogP contribution in [-0.4, -0.2) is 3.96 Å². The second-order valence-corrected chi connectivity index (χ2v) is 5.78. The van der Waals surface area contributed by atoms with Crippen LogP contribution < -0.4 is 10.9 Å². The minimum Gasteiger partial charge on any atom is -0.344 e. The normalized spacial score (nSPS) is 11.5. The van der Waals surface area contributed by atoms with Gasteiger partial charge in [0.05, 0.1) is 11.3 Å². The molecule has 8 heteroatoms. The lowest BCUT2D eigenvalue weighted by molar-refractivity contribution is -0.136. The van der Waals surface area contributed by atoms with Crippen LogP contribution in [0, 0.1) is 11.3 Å². The predicted octanol–water partition coefficient (Wildman–Crippen LogP) is 4.12. The van der Waals surface area contributed by atoms with Gasteiger partial charge in [-0.2, -0.15) is 18.4 Å². The number of anilines is 2. The van der Waals surface area contributed by atoms with E-state index in [0.717, 1.165) is 17.6 Å². The molecule has 0 saturated carbocycles. The van der Waals surface area contributed by atoms with Crippen LogP contribution in [0.3, 0.4) is 0 Å². The molecule has 1 N–H and O–H groups in total. The Morgan fingerprint density at radius 1 is 1.32 bits per heavy atom. The number of para-hydroxylation sites is 1. The van der Waals surface area contributed by atoms with E-state index < -0.39 is 17.3 Å². The number of nitrogens with one attached hydrogen (secondary N) is 1. The van der Waals surface area contributed by atoms with Gasteiger partial charge in [-0.1, -0.05) is 12.1 Å². The first-order chi connectivity index (χ1) is 10.3. The molecule has 2 aromatic rings. The van der Waals surface area contributed by atoms with Crippen molar-refractivity contribution in [2.45, 2.75) is 26.1 Å². The highest BCUT2D eigenvalue weighted by Gasteiger charge is 2.33. The van der Waals surface area contributed by atoms with E-state index in [9.17, 15) is 18.0 Å². The molecule has 0 aliphatic carbocycles. The minimum absolute atomic E-state index is 0.109. The van der Waals surface area contributed by atoms with E-state index in [1.165, 1.54) is 22.2 Å². The number of halogens is 3. The maximum atomic E-state index is 13.0. The van der Waals surface area contributed by atoms with E-state index in [2.05, 4.69) is 5.32 Å². The molecule has 0 saturated heterocycles. The van der Waals surface area contributed by atoms with Crippen molar-refractivity contribution in [2.24, 2.45) is 0 Å². The topological polar surface area (TPSA) is 57.8 Å². The van der Waals surface area contributed by atoms with Crippen LogP contribution in [0.1, 0.15) is 31.0 Å². The van der Waals surface area contributed by atoms with E-state index >= 15 is 0 Å². The second-order valence-electron chi connectivity index (χ2n) is 4.80. The third-order valence-electron chi connectivity index (χ3n) is 2.89. The number of hydrogen-bond donors (Lipinski definition) is 1. The SMILES string of the molecule is CC(C)n1sc(Nc2ccccc2C(F)(F)F)c(C#N)c1=O. The van der Waals surface area contributed by atoms with Crippen LogP contribution in [0.2, 0.25) is 0 Å². The highest BCUT2D eigenvalue weighted by atomic mass is 32.1. The average Bonchev–Trinajstić information content (AvgIpc) is 2.74. The zero-order chi connectivity index (χ0) is 16.5. The van der Waals surface area contributed by atoms with Crippen LogP contribution in [0.15, 0.2) is 29.1 Å². The van der Waals surface area contributed by atoms with Gasteiger partial charge in [-0.05, 0) is 37.5 Å². The Balaban J connectivity index is 2.52. The van der Waals surface area contributed by atoms with Crippen molar-refractivity contribution < 1.29 is 13.2 Å². The average molecular weight is 327 g/mol. The van der Waals surface area contributed by atoms with Crippen molar-refractivity contribution in [1.82, 2.24) is 3.96 Å². The van der Waals surface area contributed by atoms with E-state index in [1.807, 2.05) is 0 Å². The predicted molar refractivity (Wildman–Crippen MR) is 78.4 cm³/mol. The fourth-order valence-corrected chi connectivity index (χ4v) is 2.84. The first kappa shape index (κ1) is 16.1. The smallest absolute Gasteiger partial charge is 0.344 e. The van der Waals surface area contributed by atoms with Gasteiger partial charge >= 0.3 is 6.18 Å². The number of hydrogen-bond acceptors (Lipinski definition) is 4. The number of nitrogens with zero attached hydrogens (tertiary/aromatic N) is 2. The van der Waals surface area contributed by atoms with Gasteiger partial charge in [-0.15, -0.1) is 0 Å². The molecule has 0 amide bonds. The number of benzene rings is 1. The van der Waals surface area contributed by atoms with E-state index in [-0.39, 0.29) is 22.3 Å². The third kappa shape index (κ3) is 2.99. The van der Waals surface area contributed by atoms with Crippen LogP contribution in [0.25, 0.3) is 0 Å². The monoisotopic (exact) mass is 327 g/mol. The van der Waals surface area contributed by atoms with Gasteiger partial charge in [0, 0.05) is 6.04 Å². The quantitative estimate of drug-likeness (QED) is 0.922. The maximum absolute atomic E-state index is 13.0. The van der Waals surface area contributed by atoms with Crippen molar-refractivity contribution in [3.05, 3.63) is 45.7 Å². The molecule has 0 fully saturated rings. The minimum atomic E-state index is -4.53. The lowest BCUT2D eigenvalue weighted by Crippen LogP contribution is -2.17. The molecule has 22 heavy (non-hydrogen) atoms. The summed E-state index contributed by atoms with van der Waals surface area (Å²) in [6.07, 6.45) is -4.53. The molecule has 1 aromatic carbocycles. The number of alkyl halides is 3. The number of rotatable bonds is 3. The third-order valence-corrected chi connectivity index (χ3v) is 4.17. The fraction of sp³-hybridized carbons (Fsp3) is 0.286. The summed E-state index contributed by atoms with van der Waals surface area (Å²) in [6.45, 7) is 3.51. The van der Waals surface area contributed by atoms with Crippen molar-refractivity contribution in [3.8, 4) is 6.07 Å². The van der Waals surface area contributed by atoms with Gasteiger partial charge in [0.15, 0.2) is 5.56 Å². The molecular formula is C14H12F3N3OS. The highest BCUT2D eigenvalue weighted by molar-refractivity contribution is 7.11. The van der Waals surface area contributed by atoms with E-state index in [1.54, 1.807) is 19.9 Å². The van der Waals surface area contributed by atoms with Gasteiger partial charge in [-0.3, -0.25) is 8.75 Å². The lowest BCUT2D eigenvalue weighted by Gasteiger charge is -2.13. The van der Waals surface area contributed by atoms with E-state index in [4.69, 9.17) is 5.26 Å². The highest BCUT2D eigenvalue weighted by Crippen LogP contribution is 2.37. The molecular weight excluding hydrogens is 315 g/mol. The van der Waals surface area contributed by atoms with Gasteiger partial charge in [0.25, 0.3) is 5.56 Å². The van der Waals surface area contributed by atoms with Crippen molar-refractivity contribution in [1.29, 1.82) is 5.26 Å². The summed E-state index contributed by atoms with van der Waals surface area (Å²) < 4.78 is 40.3. The summed E-state index contributed by atoms with van der Waals surface area (Å²) in [4.78, 5) is 12.0. The summed E-state index contributed by atoms with van der Waals surface area (Å²) in [5.74, 6) is 0. The van der Waals surface area contributed by atoms with Gasteiger partial charge in [-0.25, -0.2) is 0 Å². The summed E-state index contributed by atoms with van der Waals surface area (Å²) in [5, 5.41) is 11.8. The molecule has 2 rings (SSSR count). The summed E-state index contributed by atoms with van der Waals surface area (Å²) >= 11 is 0.936. The number of nitriles is 1. The van der Waals surface area contributed by atoms with Crippen LogP contribution in [0.5, 0.6) is 0 Å². The first-order valence-corrected chi connectivity index (χ1v) is 7.12. The Bertz CT molecular complexity index is 784. The van der Waals surface area contributed by atoms with Crippen molar-refractivity contribution in [2.75, 3.05) is 5.32 Å². The zero-order valence-electron chi connectivity index (χ0n) is 11.7. The molecule has 0 aliphatic rings. The Labute approximate surface area is 128 Å². The molecule has 0 radical (unpaired) electrons. The lowest BCUT2D eigenvalue weighted by atomic mass is 10.1. The molecule has 1 aromatic heterocycles. The Morgan fingerprint density at radius 3 is 2.50 bits per heavy atom. The van der Waals surface area contributed by atoms with Crippen molar-refractivity contribution in [3.63, 3.8) is 0 Å². The van der Waals surface area contributed by atoms with E-state index in [0.29, 0.717) is 0 Å². The Hall–Kier alpha value is -2.27. The van der Waals surface area contributed by atoms with Gasteiger partial charge in [0.1, 0.15) is 11.1 Å². The van der Waals surface area contributed by atoms with Crippen molar-refractivity contribution >= 4 is 22.2 Å². The molecule has 4 nitrogen and oxygen atoms in total. The Morgan fingerprint density at radius 2 is 1.95 bits per heavy atom. The molecule has 0 bridgehead atoms. The summed E-state index contributed by atoms with van der Waals surface area (Å²) in [7, 11) is 0. The molecule has 0 aliphatic heterocycles. The first-order valence-electron chi connectivity index (χ1n) is 6.35. The maximum Gasteiger partial charge on any atom is 0.418 e. The molecule has 0 atom stereocenters. The fourth-order valence-electron chi connectivity index (χ4n) is 1.88. The summed E-state index contributed by atoms with van der Waals surface area (Å²) in [6, 6.07) is 6.50. The molecule has 1 heterocycles. The molecule has 0 unspecified atom stereocenters. The molecule has 0 spiro atoms. The summed E-state index contributed by atoms with van der Waals surface area (Å²) in [5.41, 5.74) is -1.73. The van der Waals surface area contributed by atoms with Crippen LogP contribution >= 0.6 is 11.5 Å². The standard InChI is InChI=1S/C14H12F3N3OS/c1-8(2)20-13(21)9(7-18)12(22-20)19-11-6-4-3-5-10(11)14(15,16)17/h3-6,8,19H,1-2H3. The van der Waals surface area contributed by atoms with Gasteiger partial charge < -0.3 is 5.32 Å². The van der Waals surface area contributed by atoms with Crippen LogP contribution in [0.4, 0.5) is 23.9 Å². The van der Waals surface area contributed by atoms with Crippen LogP contribution in [-0.2, 0) is 6.18 Å². The van der Waals surface area contributed by atoms with Gasteiger partial charge in [0.2, 0.25) is 0 Å².